The van der Waals surface area contributed by atoms with E-state index < -0.39 is 40.2 Å². The van der Waals surface area contributed by atoms with Crippen molar-refractivity contribution in [3.05, 3.63) is 65.5 Å². The fourth-order valence-electron chi connectivity index (χ4n) is 3.86. The summed E-state index contributed by atoms with van der Waals surface area (Å²) in [4.78, 5) is 40.4. The molecule has 2 atom stereocenters. The molecule has 2 aromatic rings. The van der Waals surface area contributed by atoms with Crippen LogP contribution in [0.4, 0.5) is 10.1 Å². The maximum atomic E-state index is 14.5. The number of nitrogens with one attached hydrogen (secondary N) is 2. The second kappa shape index (κ2) is 15.4. The second-order valence-electron chi connectivity index (χ2n) is 10.4. The number of amides is 3. The third-order valence-corrected chi connectivity index (χ3v) is 7.08. The van der Waals surface area contributed by atoms with Crippen molar-refractivity contribution in [2.45, 2.75) is 60.0 Å². The zero-order valence-electron chi connectivity index (χ0n) is 23.0. The van der Waals surface area contributed by atoms with Crippen LogP contribution in [0.3, 0.4) is 0 Å². The molecule has 0 saturated carbocycles. The number of carbonyl (C=O) groups excluding carboxylic acids is 3. The number of rotatable bonds is 14. The summed E-state index contributed by atoms with van der Waals surface area (Å²) in [5, 5.41) is 5.58. The summed E-state index contributed by atoms with van der Waals surface area (Å²) in [6.07, 6.45) is 1.13. The molecule has 0 aliphatic rings. The molecule has 9 heteroatoms. The first kappa shape index (κ1) is 31.1. The Morgan fingerprint density at radius 2 is 1.61 bits per heavy atom. The van der Waals surface area contributed by atoms with Crippen molar-refractivity contribution in [3.8, 4) is 0 Å². The lowest BCUT2D eigenvalue weighted by Crippen LogP contribution is -2.51. The summed E-state index contributed by atoms with van der Waals surface area (Å²) in [5.74, 6) is -2.24. The second-order valence-corrected chi connectivity index (χ2v) is 11.8. The van der Waals surface area contributed by atoms with Crippen molar-refractivity contribution in [3.63, 3.8) is 0 Å². The van der Waals surface area contributed by atoms with Gasteiger partial charge in [-0.15, -0.1) is 0 Å². The van der Waals surface area contributed by atoms with Gasteiger partial charge >= 0.3 is 0 Å². The maximum Gasteiger partial charge on any atom is 0.242 e. The molecule has 0 aliphatic carbocycles. The summed E-state index contributed by atoms with van der Waals surface area (Å²) in [6.45, 7) is 10.2. The Balaban J connectivity index is 2.20. The molecule has 2 rings (SSSR count). The largest absolute Gasteiger partial charge is 0.354 e. The predicted molar refractivity (Wildman–Crippen MR) is 150 cm³/mol. The molecule has 0 bridgehead atoms. The SMILES string of the molecule is Cc1ccc(NC(=O)C[S@@](=O)CC(=O)N(Cc2ccccc2F)[C@H](CC(C)C)C(=O)NCCC(C)C)cc1. The molecule has 7 nitrogen and oxygen atoms in total. The van der Waals surface area contributed by atoms with E-state index in [0.717, 1.165) is 12.0 Å². The summed E-state index contributed by atoms with van der Waals surface area (Å²) in [7, 11) is -1.82. The first-order valence-electron chi connectivity index (χ1n) is 13.0. The molecule has 0 fully saturated rings. The maximum absolute atomic E-state index is 14.5. The van der Waals surface area contributed by atoms with Gasteiger partial charge in [-0.1, -0.05) is 63.6 Å². The number of hydrogen-bond acceptors (Lipinski definition) is 4. The highest BCUT2D eigenvalue weighted by atomic mass is 32.2. The predicted octanol–water partition coefficient (Wildman–Crippen LogP) is 4.43. The van der Waals surface area contributed by atoms with Gasteiger partial charge in [0.1, 0.15) is 23.4 Å². The molecular formula is C29H40FN3O4S. The van der Waals surface area contributed by atoms with Crippen LogP contribution in [0.1, 0.15) is 51.7 Å². The van der Waals surface area contributed by atoms with Crippen molar-refractivity contribution in [2.24, 2.45) is 11.8 Å². The normalized spacial score (nSPS) is 12.7. The van der Waals surface area contributed by atoms with E-state index in [0.29, 0.717) is 24.6 Å². The van der Waals surface area contributed by atoms with Crippen molar-refractivity contribution < 1.29 is 23.0 Å². The minimum atomic E-state index is -1.82. The molecule has 208 valence electrons. The Hall–Kier alpha value is -3.07. The number of hydrogen-bond donors (Lipinski definition) is 2. The molecule has 0 spiro atoms. The molecule has 0 heterocycles. The van der Waals surface area contributed by atoms with Gasteiger partial charge in [0.15, 0.2) is 0 Å². The van der Waals surface area contributed by atoms with Gasteiger partial charge < -0.3 is 15.5 Å². The average Bonchev–Trinajstić information content (AvgIpc) is 2.83. The van der Waals surface area contributed by atoms with E-state index in [4.69, 9.17) is 0 Å². The average molecular weight is 546 g/mol. The number of carbonyl (C=O) groups is 3. The van der Waals surface area contributed by atoms with Gasteiger partial charge in [-0.3, -0.25) is 18.6 Å². The molecular weight excluding hydrogens is 505 g/mol. The van der Waals surface area contributed by atoms with E-state index in [2.05, 4.69) is 24.5 Å². The first-order chi connectivity index (χ1) is 18.0. The minimum Gasteiger partial charge on any atom is -0.354 e. The molecule has 0 unspecified atom stereocenters. The summed E-state index contributed by atoms with van der Waals surface area (Å²) >= 11 is 0. The van der Waals surface area contributed by atoms with E-state index in [1.807, 2.05) is 32.9 Å². The molecule has 0 saturated heterocycles. The smallest absolute Gasteiger partial charge is 0.242 e. The number of aryl methyl sites for hydroxylation is 1. The highest BCUT2D eigenvalue weighted by Crippen LogP contribution is 2.19. The van der Waals surface area contributed by atoms with Gasteiger partial charge in [0.2, 0.25) is 17.7 Å². The van der Waals surface area contributed by atoms with E-state index in [1.165, 1.54) is 11.0 Å². The lowest BCUT2D eigenvalue weighted by atomic mass is 10.00. The molecule has 2 N–H and O–H groups in total. The van der Waals surface area contributed by atoms with E-state index >= 15 is 0 Å². The highest BCUT2D eigenvalue weighted by Gasteiger charge is 2.32. The summed E-state index contributed by atoms with van der Waals surface area (Å²) < 4.78 is 27.4. The highest BCUT2D eigenvalue weighted by molar-refractivity contribution is 7.86. The molecule has 0 aromatic heterocycles. The van der Waals surface area contributed by atoms with E-state index in [1.54, 1.807) is 30.3 Å². The van der Waals surface area contributed by atoms with Gasteiger partial charge in [-0.25, -0.2) is 4.39 Å². The monoisotopic (exact) mass is 545 g/mol. The lowest BCUT2D eigenvalue weighted by Gasteiger charge is -2.32. The molecule has 2 aromatic carbocycles. The van der Waals surface area contributed by atoms with Gasteiger partial charge in [0, 0.05) is 35.1 Å². The van der Waals surface area contributed by atoms with Crippen LogP contribution in [0.2, 0.25) is 0 Å². The van der Waals surface area contributed by atoms with Crippen molar-refractivity contribution in [1.29, 1.82) is 0 Å². The first-order valence-corrected chi connectivity index (χ1v) is 14.5. The van der Waals surface area contributed by atoms with Crippen LogP contribution < -0.4 is 10.6 Å². The number of anilines is 1. The van der Waals surface area contributed by atoms with Crippen molar-refractivity contribution in [2.75, 3.05) is 23.4 Å². The Bertz CT molecular complexity index is 1110. The quantitative estimate of drug-likeness (QED) is 0.367. The number of benzene rings is 2. The number of halogens is 1. The van der Waals surface area contributed by atoms with Crippen LogP contribution in [-0.2, 0) is 31.7 Å². The fraction of sp³-hybridized carbons (Fsp3) is 0.483. The van der Waals surface area contributed by atoms with Crippen LogP contribution in [0.5, 0.6) is 0 Å². The van der Waals surface area contributed by atoms with Crippen LogP contribution in [0.15, 0.2) is 48.5 Å². The molecule has 38 heavy (non-hydrogen) atoms. The number of nitrogens with zero attached hydrogens (tertiary/aromatic N) is 1. The van der Waals surface area contributed by atoms with Gasteiger partial charge in [-0.05, 0) is 49.8 Å². The van der Waals surface area contributed by atoms with Crippen LogP contribution >= 0.6 is 0 Å². The van der Waals surface area contributed by atoms with Gasteiger partial charge in [0.25, 0.3) is 0 Å². The van der Waals surface area contributed by atoms with Crippen LogP contribution in [0.25, 0.3) is 0 Å². The van der Waals surface area contributed by atoms with Crippen molar-refractivity contribution >= 4 is 34.2 Å². The molecule has 0 radical (unpaired) electrons. The standard InChI is InChI=1S/C29H40FN3O4S/c1-20(2)14-15-31-29(36)26(16-21(3)4)33(17-23-8-6-7-9-25(23)30)28(35)19-38(37)18-27(34)32-24-12-10-22(5)11-13-24/h6-13,20-21,26H,14-19H2,1-5H3,(H,31,36)(H,32,34)/t26-,38-/m1/s1. The topological polar surface area (TPSA) is 95.6 Å². The Kier molecular flexibility index (Phi) is 12.6. The van der Waals surface area contributed by atoms with Crippen LogP contribution in [0, 0.1) is 24.6 Å². The summed E-state index contributed by atoms with van der Waals surface area (Å²) in [5.41, 5.74) is 1.86. The summed E-state index contributed by atoms with van der Waals surface area (Å²) in [6, 6.07) is 12.4. The minimum absolute atomic E-state index is 0.0672. The van der Waals surface area contributed by atoms with Gasteiger partial charge in [-0.2, -0.15) is 0 Å². The third-order valence-electron chi connectivity index (χ3n) is 5.93. The zero-order valence-corrected chi connectivity index (χ0v) is 23.8. The molecule has 3 amide bonds. The van der Waals surface area contributed by atoms with Crippen LogP contribution in [-0.4, -0.2) is 50.9 Å². The zero-order chi connectivity index (χ0) is 28.2. The van der Waals surface area contributed by atoms with E-state index in [-0.39, 0.29) is 29.7 Å². The Morgan fingerprint density at radius 3 is 2.21 bits per heavy atom. The lowest BCUT2D eigenvalue weighted by molar-refractivity contribution is -0.140. The third kappa shape index (κ3) is 10.7. The fourth-order valence-corrected chi connectivity index (χ4v) is 4.77. The van der Waals surface area contributed by atoms with Crippen molar-refractivity contribution in [1.82, 2.24) is 10.2 Å². The Labute approximate surface area is 228 Å². The van der Waals surface area contributed by atoms with Gasteiger partial charge in [0.05, 0.1) is 0 Å². The molecule has 0 aliphatic heterocycles. The van der Waals surface area contributed by atoms with E-state index in [9.17, 15) is 23.0 Å². The Morgan fingerprint density at radius 1 is 0.947 bits per heavy atom.